The molecular formula is C20H15N5O4S3. The lowest BCUT2D eigenvalue weighted by atomic mass is 10.1. The minimum atomic E-state index is -0.467. The Morgan fingerprint density at radius 3 is 2.44 bits per heavy atom. The third kappa shape index (κ3) is 5.60. The first-order valence-corrected chi connectivity index (χ1v) is 11.9. The van der Waals surface area contributed by atoms with Crippen LogP contribution in [0.25, 0.3) is 11.3 Å². The third-order valence-corrected chi connectivity index (χ3v) is 6.60. The number of aromatic nitrogens is 2. The van der Waals surface area contributed by atoms with Crippen LogP contribution in [0.3, 0.4) is 0 Å². The molecule has 0 unspecified atom stereocenters. The Morgan fingerprint density at radius 2 is 1.69 bits per heavy atom. The average molecular weight is 486 g/mol. The summed E-state index contributed by atoms with van der Waals surface area (Å²) in [5, 5.41) is 22.6. The number of carbonyl (C=O) groups is 2. The Bertz CT molecular complexity index is 1270. The summed E-state index contributed by atoms with van der Waals surface area (Å²) in [6, 6.07) is 9.93. The summed E-state index contributed by atoms with van der Waals surface area (Å²) in [6.07, 6.45) is 0.313. The summed E-state index contributed by atoms with van der Waals surface area (Å²) >= 11 is 3.99. The van der Waals surface area contributed by atoms with Gasteiger partial charge in [-0.25, -0.2) is 9.97 Å². The van der Waals surface area contributed by atoms with Gasteiger partial charge in [0.25, 0.3) is 5.69 Å². The van der Waals surface area contributed by atoms with Crippen molar-refractivity contribution in [2.75, 3.05) is 10.6 Å². The number of benzene rings is 1. The van der Waals surface area contributed by atoms with Crippen molar-refractivity contribution < 1.29 is 14.5 Å². The second kappa shape index (κ2) is 9.77. The van der Waals surface area contributed by atoms with Crippen LogP contribution < -0.4 is 10.6 Å². The van der Waals surface area contributed by atoms with Crippen LogP contribution in [-0.2, 0) is 22.4 Å². The van der Waals surface area contributed by atoms with E-state index in [9.17, 15) is 19.7 Å². The molecule has 1 aromatic carbocycles. The maximum absolute atomic E-state index is 12.4. The first kappa shape index (κ1) is 21.7. The van der Waals surface area contributed by atoms with Crippen LogP contribution in [0.2, 0.25) is 0 Å². The lowest BCUT2D eigenvalue weighted by Gasteiger charge is -2.01. The second-order valence-corrected chi connectivity index (χ2v) is 9.27. The molecule has 3 heterocycles. The molecule has 0 saturated carbocycles. The van der Waals surface area contributed by atoms with E-state index in [-0.39, 0.29) is 30.3 Å². The molecule has 0 saturated heterocycles. The van der Waals surface area contributed by atoms with Crippen LogP contribution in [0.5, 0.6) is 0 Å². The van der Waals surface area contributed by atoms with Gasteiger partial charge < -0.3 is 10.6 Å². The number of non-ortho nitro benzene ring substituents is 1. The summed E-state index contributed by atoms with van der Waals surface area (Å²) in [5.74, 6) is -0.457. The van der Waals surface area contributed by atoms with E-state index in [0.29, 0.717) is 27.2 Å². The van der Waals surface area contributed by atoms with Crippen LogP contribution >= 0.6 is 34.0 Å². The van der Waals surface area contributed by atoms with E-state index in [1.54, 1.807) is 22.9 Å². The molecule has 0 spiro atoms. The maximum atomic E-state index is 12.4. The molecule has 32 heavy (non-hydrogen) atoms. The number of carbonyl (C=O) groups excluding carboxylic acids is 2. The second-order valence-electron chi connectivity index (χ2n) is 6.52. The molecule has 4 aromatic rings. The summed E-state index contributed by atoms with van der Waals surface area (Å²) < 4.78 is 0. The highest BCUT2D eigenvalue weighted by molar-refractivity contribution is 7.14. The summed E-state index contributed by atoms with van der Waals surface area (Å²) in [6.45, 7) is 0. The summed E-state index contributed by atoms with van der Waals surface area (Å²) in [4.78, 5) is 44.5. The fourth-order valence-electron chi connectivity index (χ4n) is 2.75. The molecule has 4 rings (SSSR count). The van der Waals surface area contributed by atoms with Crippen molar-refractivity contribution in [2.24, 2.45) is 0 Å². The number of rotatable bonds is 8. The quantitative estimate of drug-likeness (QED) is 0.277. The van der Waals surface area contributed by atoms with Crippen molar-refractivity contribution in [3.05, 3.63) is 73.2 Å². The standard InChI is InChI=1S/C20H15N5O4S3/c26-17(8-13-10-31-19(21-13)24-18(27)9-15-5-2-6-30-15)23-20-22-16(11-32-20)12-3-1-4-14(7-12)25(28)29/h1-7,10-11H,8-9H2,(H,21,24,27)(H,22,23,26). The molecule has 0 radical (unpaired) electrons. The molecule has 0 atom stereocenters. The Hall–Kier alpha value is -3.48. The molecular weight excluding hydrogens is 470 g/mol. The molecule has 0 fully saturated rings. The topological polar surface area (TPSA) is 127 Å². The molecule has 162 valence electrons. The van der Waals surface area contributed by atoms with Crippen molar-refractivity contribution >= 4 is 61.8 Å². The van der Waals surface area contributed by atoms with Gasteiger partial charge in [-0.05, 0) is 11.4 Å². The molecule has 2 N–H and O–H groups in total. The molecule has 9 nitrogen and oxygen atoms in total. The van der Waals surface area contributed by atoms with Crippen LogP contribution in [0.15, 0.2) is 52.5 Å². The minimum absolute atomic E-state index is 0.0251. The number of nitro benzene ring substituents is 1. The van der Waals surface area contributed by atoms with Gasteiger partial charge in [-0.2, -0.15) is 0 Å². The molecule has 12 heteroatoms. The van der Waals surface area contributed by atoms with E-state index >= 15 is 0 Å². The zero-order chi connectivity index (χ0) is 22.5. The van der Waals surface area contributed by atoms with Gasteiger partial charge in [0, 0.05) is 33.3 Å². The van der Waals surface area contributed by atoms with Gasteiger partial charge in [0.15, 0.2) is 10.3 Å². The van der Waals surface area contributed by atoms with E-state index in [2.05, 4.69) is 20.6 Å². The van der Waals surface area contributed by atoms with Crippen molar-refractivity contribution in [3.63, 3.8) is 0 Å². The molecule has 0 bridgehead atoms. The fraction of sp³-hybridized carbons (Fsp3) is 0.100. The monoisotopic (exact) mass is 485 g/mol. The average Bonchev–Trinajstić information content (AvgIpc) is 3.51. The van der Waals surface area contributed by atoms with Crippen LogP contribution in [0.1, 0.15) is 10.6 Å². The Balaban J connectivity index is 1.32. The number of hydrogen-bond acceptors (Lipinski definition) is 9. The first-order chi connectivity index (χ1) is 15.5. The smallest absolute Gasteiger partial charge is 0.270 e. The lowest BCUT2D eigenvalue weighted by Crippen LogP contribution is -2.15. The van der Waals surface area contributed by atoms with Crippen LogP contribution in [0.4, 0.5) is 16.0 Å². The number of hydrogen-bond donors (Lipinski definition) is 2. The Labute approximate surface area is 193 Å². The highest BCUT2D eigenvalue weighted by atomic mass is 32.1. The number of thiophene rings is 1. The highest BCUT2D eigenvalue weighted by Gasteiger charge is 2.14. The van der Waals surface area contributed by atoms with Gasteiger partial charge in [0.1, 0.15) is 0 Å². The van der Waals surface area contributed by atoms with E-state index in [4.69, 9.17) is 0 Å². The van der Waals surface area contributed by atoms with Crippen LogP contribution in [-0.4, -0.2) is 26.7 Å². The van der Waals surface area contributed by atoms with E-state index in [0.717, 1.165) is 4.88 Å². The number of anilines is 2. The molecule has 2 amide bonds. The summed E-state index contributed by atoms with van der Waals surface area (Å²) in [7, 11) is 0. The van der Waals surface area contributed by atoms with Gasteiger partial charge in [-0.3, -0.25) is 19.7 Å². The van der Waals surface area contributed by atoms with Crippen LogP contribution in [0, 0.1) is 10.1 Å². The number of nitrogens with zero attached hydrogens (tertiary/aromatic N) is 3. The van der Waals surface area contributed by atoms with Crippen molar-refractivity contribution in [1.29, 1.82) is 0 Å². The lowest BCUT2D eigenvalue weighted by molar-refractivity contribution is -0.384. The fourth-order valence-corrected chi connectivity index (χ4v) is 4.92. The van der Waals surface area contributed by atoms with Gasteiger partial charge in [-0.15, -0.1) is 34.0 Å². The SMILES string of the molecule is O=C(Cc1cccs1)Nc1nc(CC(=O)Nc2nc(-c3cccc([N+](=O)[O-])c3)cs2)cs1. The normalized spacial score (nSPS) is 10.6. The predicted octanol–water partition coefficient (Wildman–Crippen LogP) is 4.60. The minimum Gasteiger partial charge on any atom is -0.302 e. The highest BCUT2D eigenvalue weighted by Crippen LogP contribution is 2.27. The first-order valence-electron chi connectivity index (χ1n) is 9.23. The molecule has 3 aromatic heterocycles. The number of thiazole rings is 2. The zero-order valence-electron chi connectivity index (χ0n) is 16.3. The number of amides is 2. The van der Waals surface area contributed by atoms with Gasteiger partial charge in [-0.1, -0.05) is 18.2 Å². The number of nitro groups is 1. The Morgan fingerprint density at radius 1 is 0.938 bits per heavy atom. The van der Waals surface area contributed by atoms with Crippen molar-refractivity contribution in [2.45, 2.75) is 12.8 Å². The van der Waals surface area contributed by atoms with Gasteiger partial charge in [0.05, 0.1) is 29.2 Å². The number of nitrogens with one attached hydrogen (secondary N) is 2. The molecule has 0 aliphatic rings. The van der Waals surface area contributed by atoms with E-state index in [1.807, 2.05) is 17.5 Å². The molecule has 0 aliphatic heterocycles. The predicted molar refractivity (Wildman–Crippen MR) is 125 cm³/mol. The van der Waals surface area contributed by atoms with E-state index < -0.39 is 4.92 Å². The zero-order valence-corrected chi connectivity index (χ0v) is 18.8. The van der Waals surface area contributed by atoms with Crippen molar-refractivity contribution in [1.82, 2.24) is 9.97 Å². The van der Waals surface area contributed by atoms with Crippen molar-refractivity contribution in [3.8, 4) is 11.3 Å². The van der Waals surface area contributed by atoms with Gasteiger partial charge in [0.2, 0.25) is 11.8 Å². The van der Waals surface area contributed by atoms with E-state index in [1.165, 1.54) is 46.1 Å². The largest absolute Gasteiger partial charge is 0.302 e. The Kier molecular flexibility index (Phi) is 6.63. The summed E-state index contributed by atoms with van der Waals surface area (Å²) in [5.41, 5.74) is 1.65. The maximum Gasteiger partial charge on any atom is 0.270 e. The third-order valence-electron chi connectivity index (χ3n) is 4.16. The van der Waals surface area contributed by atoms with Gasteiger partial charge >= 0.3 is 0 Å². The molecule has 0 aliphatic carbocycles.